The van der Waals surface area contributed by atoms with E-state index in [-0.39, 0.29) is 5.82 Å². The fourth-order valence-corrected chi connectivity index (χ4v) is 1.11. The summed E-state index contributed by atoms with van der Waals surface area (Å²) in [7, 11) is 0. The van der Waals surface area contributed by atoms with Gasteiger partial charge in [0, 0.05) is 18.5 Å². The molecule has 0 aromatic carbocycles. The molecule has 0 spiro atoms. The van der Waals surface area contributed by atoms with Crippen LogP contribution in [0, 0.1) is 0 Å². The Balaban J connectivity index is 3.08. The minimum atomic E-state index is -0.995. The quantitative estimate of drug-likeness (QED) is 0.693. The smallest absolute Gasteiger partial charge is 0.372 e. The first-order valence-electron chi connectivity index (χ1n) is 3.59. The molecule has 0 amide bonds. The van der Waals surface area contributed by atoms with Crippen LogP contribution < -0.4 is 0 Å². The van der Waals surface area contributed by atoms with E-state index in [1.165, 1.54) is 0 Å². The molecule has 0 saturated heterocycles. The van der Waals surface area contributed by atoms with Crippen LogP contribution >= 0.6 is 12.6 Å². The van der Waals surface area contributed by atoms with Crippen molar-refractivity contribution in [2.75, 3.05) is 0 Å². The Kier molecular flexibility index (Phi) is 2.75. The molecule has 0 bridgehead atoms. The highest BCUT2D eigenvalue weighted by Gasteiger charge is 2.12. The third-order valence-electron chi connectivity index (χ3n) is 1.52. The van der Waals surface area contributed by atoms with Gasteiger partial charge in [0.2, 0.25) is 5.82 Å². The Bertz CT molecular complexity index is 296. The number of aromatic carboxylic acids is 1. The van der Waals surface area contributed by atoms with Gasteiger partial charge >= 0.3 is 5.97 Å². The van der Waals surface area contributed by atoms with Gasteiger partial charge < -0.3 is 9.67 Å². The van der Waals surface area contributed by atoms with E-state index in [2.05, 4.69) is 17.6 Å². The predicted octanol–water partition coefficient (Wildman–Crippen LogP) is 1.03. The second-order valence-corrected chi connectivity index (χ2v) is 2.62. The summed E-state index contributed by atoms with van der Waals surface area (Å²) in [5.41, 5.74) is 0.692. The van der Waals surface area contributed by atoms with Crippen LogP contribution in [-0.4, -0.2) is 20.6 Å². The number of carbonyl (C=O) groups is 1. The van der Waals surface area contributed by atoms with Crippen LogP contribution in [0.5, 0.6) is 0 Å². The Morgan fingerprint density at radius 1 is 1.83 bits per heavy atom. The molecule has 66 valence electrons. The van der Waals surface area contributed by atoms with Crippen LogP contribution in [0.25, 0.3) is 0 Å². The fourth-order valence-electron chi connectivity index (χ4n) is 0.958. The molecular formula is C7H10N2O2S. The molecule has 1 aromatic rings. The van der Waals surface area contributed by atoms with Gasteiger partial charge in [-0.1, -0.05) is 0 Å². The molecule has 0 unspecified atom stereocenters. The molecular weight excluding hydrogens is 176 g/mol. The van der Waals surface area contributed by atoms with Gasteiger partial charge in [-0.2, -0.15) is 12.6 Å². The Morgan fingerprint density at radius 2 is 2.50 bits per heavy atom. The minimum absolute atomic E-state index is 0.0848. The number of thiol groups is 1. The normalized spacial score (nSPS) is 10.2. The van der Waals surface area contributed by atoms with Crippen molar-refractivity contribution in [3.05, 3.63) is 17.7 Å². The molecule has 1 N–H and O–H groups in total. The highest BCUT2D eigenvalue weighted by atomic mass is 32.1. The zero-order valence-corrected chi connectivity index (χ0v) is 7.58. The second-order valence-electron chi connectivity index (χ2n) is 2.31. The topological polar surface area (TPSA) is 55.1 Å². The van der Waals surface area contributed by atoms with Crippen molar-refractivity contribution in [2.24, 2.45) is 0 Å². The lowest BCUT2D eigenvalue weighted by Gasteiger charge is -1.96. The van der Waals surface area contributed by atoms with E-state index < -0.39 is 5.97 Å². The molecule has 5 heteroatoms. The van der Waals surface area contributed by atoms with Gasteiger partial charge in [-0.3, -0.25) is 0 Å². The SMILES string of the molecule is CCn1cc(CS)nc1C(=O)O. The van der Waals surface area contributed by atoms with Crippen LogP contribution in [0.1, 0.15) is 23.2 Å². The maximum atomic E-state index is 10.6. The molecule has 0 aliphatic carbocycles. The number of hydrogen-bond donors (Lipinski definition) is 2. The van der Waals surface area contributed by atoms with Crippen LogP contribution in [-0.2, 0) is 12.3 Å². The molecule has 1 rings (SSSR count). The predicted molar refractivity (Wildman–Crippen MR) is 47.6 cm³/mol. The first-order valence-corrected chi connectivity index (χ1v) is 4.22. The molecule has 0 aliphatic heterocycles. The average Bonchev–Trinajstić information content (AvgIpc) is 2.47. The van der Waals surface area contributed by atoms with Gasteiger partial charge in [0.05, 0.1) is 5.69 Å². The van der Waals surface area contributed by atoms with E-state index in [1.807, 2.05) is 6.92 Å². The molecule has 4 nitrogen and oxygen atoms in total. The summed E-state index contributed by atoms with van der Waals surface area (Å²) in [6.07, 6.45) is 1.70. The minimum Gasteiger partial charge on any atom is -0.475 e. The van der Waals surface area contributed by atoms with Crippen molar-refractivity contribution < 1.29 is 9.90 Å². The number of carboxylic acids is 1. The van der Waals surface area contributed by atoms with Crippen molar-refractivity contribution in [3.63, 3.8) is 0 Å². The molecule has 0 saturated carbocycles. The first-order chi connectivity index (χ1) is 5.69. The lowest BCUT2D eigenvalue weighted by Crippen LogP contribution is -2.07. The molecule has 0 atom stereocenters. The molecule has 12 heavy (non-hydrogen) atoms. The third-order valence-corrected chi connectivity index (χ3v) is 1.84. The summed E-state index contributed by atoms with van der Waals surface area (Å²) in [5, 5.41) is 8.70. The number of nitrogens with zero attached hydrogens (tertiary/aromatic N) is 2. The van der Waals surface area contributed by atoms with Gasteiger partial charge in [0.1, 0.15) is 0 Å². The number of imidazole rings is 1. The molecule has 1 aromatic heterocycles. The van der Waals surface area contributed by atoms with E-state index in [9.17, 15) is 4.79 Å². The van der Waals surface area contributed by atoms with E-state index in [1.54, 1.807) is 10.8 Å². The highest BCUT2D eigenvalue weighted by molar-refractivity contribution is 7.79. The summed E-state index contributed by atoms with van der Waals surface area (Å²) in [5.74, 6) is -0.445. The highest BCUT2D eigenvalue weighted by Crippen LogP contribution is 2.05. The molecule has 0 radical (unpaired) electrons. The Labute approximate surface area is 75.6 Å². The van der Waals surface area contributed by atoms with Gasteiger partial charge in [0.15, 0.2) is 0 Å². The van der Waals surface area contributed by atoms with Crippen molar-refractivity contribution in [2.45, 2.75) is 19.2 Å². The van der Waals surface area contributed by atoms with Crippen LogP contribution in [0.3, 0.4) is 0 Å². The van der Waals surface area contributed by atoms with E-state index in [4.69, 9.17) is 5.11 Å². The number of aryl methyl sites for hydroxylation is 1. The summed E-state index contributed by atoms with van der Waals surface area (Å²) in [6.45, 7) is 2.48. The zero-order chi connectivity index (χ0) is 9.14. The van der Waals surface area contributed by atoms with Gasteiger partial charge in [-0.05, 0) is 6.92 Å². The fraction of sp³-hybridized carbons (Fsp3) is 0.429. The van der Waals surface area contributed by atoms with Crippen molar-refractivity contribution in [1.29, 1.82) is 0 Å². The molecule has 1 heterocycles. The Hall–Kier alpha value is -0.970. The van der Waals surface area contributed by atoms with E-state index in [0.717, 1.165) is 0 Å². The monoisotopic (exact) mass is 186 g/mol. The van der Waals surface area contributed by atoms with E-state index in [0.29, 0.717) is 18.0 Å². The van der Waals surface area contributed by atoms with Gasteiger partial charge in [-0.25, -0.2) is 9.78 Å². The third kappa shape index (κ3) is 1.61. The standard InChI is InChI=1S/C7H10N2O2S/c1-2-9-3-5(4-12)8-6(9)7(10)11/h3,12H,2,4H2,1H3,(H,10,11). The summed E-state index contributed by atoms with van der Waals surface area (Å²) in [4.78, 5) is 14.5. The van der Waals surface area contributed by atoms with Gasteiger partial charge in [0.25, 0.3) is 0 Å². The average molecular weight is 186 g/mol. The van der Waals surface area contributed by atoms with Crippen LogP contribution in [0.2, 0.25) is 0 Å². The lowest BCUT2D eigenvalue weighted by atomic mass is 10.5. The first kappa shape index (κ1) is 9.12. The number of rotatable bonds is 3. The number of aromatic nitrogens is 2. The largest absolute Gasteiger partial charge is 0.475 e. The molecule has 0 aliphatic rings. The van der Waals surface area contributed by atoms with Gasteiger partial charge in [-0.15, -0.1) is 0 Å². The van der Waals surface area contributed by atoms with Crippen molar-refractivity contribution in [1.82, 2.24) is 9.55 Å². The Morgan fingerprint density at radius 3 is 2.83 bits per heavy atom. The summed E-state index contributed by atoms with van der Waals surface area (Å²) < 4.78 is 1.59. The lowest BCUT2D eigenvalue weighted by molar-refractivity contribution is 0.0678. The summed E-state index contributed by atoms with van der Waals surface area (Å²) >= 11 is 4.01. The van der Waals surface area contributed by atoms with Crippen LogP contribution in [0.4, 0.5) is 0 Å². The number of carboxylic acid groups (broad SMARTS) is 1. The zero-order valence-electron chi connectivity index (χ0n) is 6.69. The summed E-state index contributed by atoms with van der Waals surface area (Å²) in [6, 6.07) is 0. The maximum Gasteiger partial charge on any atom is 0.372 e. The van der Waals surface area contributed by atoms with Crippen LogP contribution in [0.15, 0.2) is 6.20 Å². The van der Waals surface area contributed by atoms with Crippen molar-refractivity contribution >= 4 is 18.6 Å². The number of hydrogen-bond acceptors (Lipinski definition) is 3. The maximum absolute atomic E-state index is 10.6. The second kappa shape index (κ2) is 3.62. The van der Waals surface area contributed by atoms with E-state index >= 15 is 0 Å². The van der Waals surface area contributed by atoms with Crippen molar-refractivity contribution in [3.8, 4) is 0 Å². The molecule has 0 fully saturated rings.